The Kier molecular flexibility index (Phi) is 76.5. The van der Waals surface area contributed by atoms with Gasteiger partial charge < -0.3 is 18.9 Å². The maximum Gasteiger partial charge on any atom is 0.472 e. The van der Waals surface area contributed by atoms with E-state index in [9.17, 15) is 19.0 Å². The molecule has 0 fully saturated rings. The van der Waals surface area contributed by atoms with Crippen molar-refractivity contribution in [1.82, 2.24) is 0 Å². The fourth-order valence-corrected chi connectivity index (χ4v) is 13.5. The third-order valence-corrected chi connectivity index (χ3v) is 20.2. The number of allylic oxidation sites excluding steroid dienone is 12. The highest BCUT2D eigenvalue weighted by Crippen LogP contribution is 2.43. The SMILES string of the molecule is CC/C=C\C/C=C\C/C=C\C/C=C\CCCCCCCCCCCCCCCCCCCCCCCCCCC(=O)OC(COC(=O)CCCCCCCCCCCCCCCCCCCCCCCCCCC/C=C\C/C=C\CCCCCCC)COP(=O)(O)OCC[N+](C)(C)C. The van der Waals surface area contributed by atoms with Crippen LogP contribution in [0.15, 0.2) is 72.9 Å². The van der Waals surface area contributed by atoms with Gasteiger partial charge in [-0.15, -0.1) is 0 Å². The first kappa shape index (κ1) is 95.5. The molecule has 0 aliphatic rings. The van der Waals surface area contributed by atoms with Crippen molar-refractivity contribution in [2.75, 3.05) is 47.5 Å². The molecule has 0 heterocycles. The first-order chi connectivity index (χ1) is 48.0. The molecule has 0 amide bonds. The molecule has 98 heavy (non-hydrogen) atoms. The van der Waals surface area contributed by atoms with Crippen LogP contribution in [0.3, 0.4) is 0 Å². The zero-order valence-corrected chi connectivity index (χ0v) is 66.7. The average molecular weight is 1400 g/mol. The summed E-state index contributed by atoms with van der Waals surface area (Å²) in [6, 6.07) is 0. The Hall–Kier alpha value is -2.55. The van der Waals surface area contributed by atoms with E-state index in [-0.39, 0.29) is 25.6 Å². The van der Waals surface area contributed by atoms with Crippen molar-refractivity contribution in [2.45, 2.75) is 431 Å². The van der Waals surface area contributed by atoms with E-state index in [2.05, 4.69) is 86.8 Å². The van der Waals surface area contributed by atoms with E-state index in [0.29, 0.717) is 23.9 Å². The normalized spacial score (nSPS) is 13.3. The molecule has 0 aliphatic heterocycles. The van der Waals surface area contributed by atoms with E-state index in [1.54, 1.807) is 0 Å². The topological polar surface area (TPSA) is 108 Å². The van der Waals surface area contributed by atoms with Gasteiger partial charge in [0.2, 0.25) is 0 Å². The van der Waals surface area contributed by atoms with Gasteiger partial charge in [-0.3, -0.25) is 18.6 Å². The smallest absolute Gasteiger partial charge is 0.462 e. The number of rotatable bonds is 80. The van der Waals surface area contributed by atoms with Gasteiger partial charge in [0.1, 0.15) is 19.8 Å². The van der Waals surface area contributed by atoms with Crippen LogP contribution < -0.4 is 0 Å². The molecule has 0 aliphatic carbocycles. The quantitative estimate of drug-likeness (QED) is 0.0211. The summed E-state index contributed by atoms with van der Waals surface area (Å²) in [7, 11) is 1.50. The summed E-state index contributed by atoms with van der Waals surface area (Å²) in [5, 5.41) is 0. The monoisotopic (exact) mass is 1400 g/mol. The van der Waals surface area contributed by atoms with Crippen LogP contribution in [0.25, 0.3) is 0 Å². The molecule has 0 aromatic rings. The largest absolute Gasteiger partial charge is 0.472 e. The molecular weight excluding hydrogens is 1230 g/mol. The van der Waals surface area contributed by atoms with E-state index in [4.69, 9.17) is 18.5 Å². The molecule has 10 heteroatoms. The highest BCUT2D eigenvalue weighted by molar-refractivity contribution is 7.47. The van der Waals surface area contributed by atoms with Crippen molar-refractivity contribution < 1.29 is 42.1 Å². The minimum Gasteiger partial charge on any atom is -0.462 e. The van der Waals surface area contributed by atoms with E-state index >= 15 is 0 Å². The van der Waals surface area contributed by atoms with E-state index < -0.39 is 26.5 Å². The molecular formula is C88H165NO8P+. The lowest BCUT2D eigenvalue weighted by Gasteiger charge is -2.24. The van der Waals surface area contributed by atoms with Gasteiger partial charge in [-0.2, -0.15) is 0 Å². The van der Waals surface area contributed by atoms with Crippen LogP contribution in [0, 0.1) is 0 Å². The van der Waals surface area contributed by atoms with E-state index in [0.717, 1.165) is 64.2 Å². The summed E-state index contributed by atoms with van der Waals surface area (Å²) in [4.78, 5) is 36.0. The number of esters is 2. The van der Waals surface area contributed by atoms with Crippen molar-refractivity contribution in [3.8, 4) is 0 Å². The van der Waals surface area contributed by atoms with Gasteiger partial charge in [0.25, 0.3) is 0 Å². The zero-order valence-electron chi connectivity index (χ0n) is 65.8. The standard InChI is InChI=1S/C88H164NO8P/c1-6-8-10-12-14-16-18-20-22-24-26-28-30-32-34-36-38-40-42-44-46-48-50-52-54-56-58-60-62-64-66-68-70-72-74-76-78-80-87(90)94-84-86(85-96-98(92,93)95-83-82-89(3,4)5)97-88(91)81-79-77-75-73-71-69-67-65-63-61-59-57-55-53-51-49-47-45-43-41-39-37-35-33-31-29-27-25-23-21-19-17-15-13-11-9-7-2/h9,11,15,17-18,20-21,23-24,26-27,29,86H,6-8,10,12-14,16,19,22,25,28,30-85H2,1-5H3/p+1/b11-9-,17-15-,20-18-,23-21-,26-24-,29-27-. The maximum atomic E-state index is 12.9. The Morgan fingerprint density at radius 2 is 0.582 bits per heavy atom. The predicted molar refractivity (Wildman–Crippen MR) is 427 cm³/mol. The second kappa shape index (κ2) is 78.6. The molecule has 0 aromatic carbocycles. The van der Waals surface area contributed by atoms with Crippen molar-refractivity contribution in [3.63, 3.8) is 0 Å². The van der Waals surface area contributed by atoms with E-state index in [1.165, 1.54) is 327 Å². The lowest BCUT2D eigenvalue weighted by atomic mass is 10.0. The highest BCUT2D eigenvalue weighted by atomic mass is 31.2. The molecule has 1 N–H and O–H groups in total. The van der Waals surface area contributed by atoms with Crippen LogP contribution in [0.5, 0.6) is 0 Å². The summed E-state index contributed by atoms with van der Waals surface area (Å²) >= 11 is 0. The molecule has 0 aromatic heterocycles. The summed E-state index contributed by atoms with van der Waals surface area (Å²) in [6.45, 7) is 4.38. The molecule has 2 unspecified atom stereocenters. The number of nitrogens with zero attached hydrogens (tertiary/aromatic N) is 1. The highest BCUT2D eigenvalue weighted by Gasteiger charge is 2.27. The first-order valence-electron chi connectivity index (χ1n) is 42.7. The number of hydrogen-bond donors (Lipinski definition) is 1. The minimum atomic E-state index is -4.40. The molecule has 0 bridgehead atoms. The van der Waals surface area contributed by atoms with Gasteiger partial charge in [0.15, 0.2) is 6.10 Å². The molecule has 574 valence electrons. The summed E-state index contributed by atoms with van der Waals surface area (Å²) in [6.07, 6.45) is 108. The van der Waals surface area contributed by atoms with Gasteiger partial charge in [0, 0.05) is 12.8 Å². The summed E-state index contributed by atoms with van der Waals surface area (Å²) < 4.78 is 34.9. The van der Waals surface area contributed by atoms with Crippen LogP contribution in [-0.2, 0) is 32.7 Å². The second-order valence-corrected chi connectivity index (χ2v) is 31.6. The van der Waals surface area contributed by atoms with Gasteiger partial charge >= 0.3 is 19.8 Å². The number of ether oxygens (including phenoxy) is 2. The number of carbonyl (C=O) groups is 2. The maximum absolute atomic E-state index is 12.9. The molecule has 0 radical (unpaired) electrons. The third kappa shape index (κ3) is 82.4. The molecule has 2 atom stereocenters. The molecule has 0 saturated carbocycles. The van der Waals surface area contributed by atoms with Crippen LogP contribution >= 0.6 is 7.82 Å². The van der Waals surface area contributed by atoms with Crippen molar-refractivity contribution in [2.24, 2.45) is 0 Å². The first-order valence-corrected chi connectivity index (χ1v) is 44.2. The van der Waals surface area contributed by atoms with Gasteiger partial charge in [-0.05, 0) is 83.5 Å². The number of phosphoric acid groups is 1. The molecule has 0 saturated heterocycles. The number of phosphoric ester groups is 1. The number of carbonyl (C=O) groups excluding carboxylic acids is 2. The minimum absolute atomic E-state index is 0.0341. The molecule has 0 rings (SSSR count). The van der Waals surface area contributed by atoms with Gasteiger partial charge in [-0.25, -0.2) is 4.57 Å². The fourth-order valence-electron chi connectivity index (χ4n) is 12.8. The predicted octanol–water partition coefficient (Wildman–Crippen LogP) is 28.6. The van der Waals surface area contributed by atoms with Gasteiger partial charge in [0.05, 0.1) is 27.7 Å². The summed E-state index contributed by atoms with van der Waals surface area (Å²) in [5.74, 6) is -0.772. The Morgan fingerprint density at radius 1 is 0.327 bits per heavy atom. The average Bonchev–Trinajstić information content (AvgIpc) is 1.08. The Balaban J connectivity index is 3.87. The van der Waals surface area contributed by atoms with E-state index in [1.807, 2.05) is 21.1 Å². The number of unbranched alkanes of at least 4 members (excludes halogenated alkanes) is 54. The Labute approximate surface area is 609 Å². The number of quaternary nitrogens is 1. The van der Waals surface area contributed by atoms with Crippen LogP contribution in [0.2, 0.25) is 0 Å². The van der Waals surface area contributed by atoms with Crippen LogP contribution in [0.4, 0.5) is 0 Å². The van der Waals surface area contributed by atoms with Crippen molar-refractivity contribution >= 4 is 19.8 Å². The third-order valence-electron chi connectivity index (χ3n) is 19.2. The second-order valence-electron chi connectivity index (χ2n) is 30.2. The van der Waals surface area contributed by atoms with Crippen LogP contribution in [0.1, 0.15) is 425 Å². The lowest BCUT2D eigenvalue weighted by molar-refractivity contribution is -0.870. The number of hydrogen-bond acceptors (Lipinski definition) is 7. The fraction of sp³-hybridized carbons (Fsp3) is 0.841. The van der Waals surface area contributed by atoms with Crippen molar-refractivity contribution in [3.05, 3.63) is 72.9 Å². The molecule has 9 nitrogen and oxygen atoms in total. The lowest BCUT2D eigenvalue weighted by Crippen LogP contribution is -2.37. The molecule has 0 spiro atoms. The Morgan fingerprint density at radius 3 is 0.867 bits per heavy atom. The summed E-state index contributed by atoms with van der Waals surface area (Å²) in [5.41, 5.74) is 0. The Bertz CT molecular complexity index is 1890. The van der Waals surface area contributed by atoms with Gasteiger partial charge in [-0.1, -0.05) is 401 Å². The van der Waals surface area contributed by atoms with Crippen molar-refractivity contribution in [1.29, 1.82) is 0 Å². The number of likely N-dealkylation sites (N-methyl/N-ethyl adjacent to an activating group) is 1. The van der Waals surface area contributed by atoms with Crippen LogP contribution in [-0.4, -0.2) is 74.9 Å². The zero-order chi connectivity index (χ0) is 71.1.